The predicted octanol–water partition coefficient (Wildman–Crippen LogP) is 1.74. The van der Waals surface area contributed by atoms with Crippen LogP contribution in [-0.4, -0.2) is 24.0 Å². The molecule has 0 saturated heterocycles. The lowest BCUT2D eigenvalue weighted by Crippen LogP contribution is -1.91. The minimum atomic E-state index is -0.250. The van der Waals surface area contributed by atoms with Gasteiger partial charge in [-0.05, 0) is 18.6 Å². The molecule has 1 rings (SSSR count). The molecule has 3 N–H and O–H groups in total. The van der Waals surface area contributed by atoms with Crippen molar-refractivity contribution in [3.8, 4) is 0 Å². The third-order valence-electron chi connectivity index (χ3n) is 1.48. The second-order valence-electron chi connectivity index (χ2n) is 2.48. The van der Waals surface area contributed by atoms with Crippen LogP contribution in [0, 0.1) is 12.3 Å². The summed E-state index contributed by atoms with van der Waals surface area (Å²) >= 11 is 0. The van der Waals surface area contributed by atoms with Gasteiger partial charge >= 0.3 is 0 Å². The first kappa shape index (κ1) is 12.8. The molecule has 0 heterocycles. The number of para-hydroxylation sites is 1. The van der Waals surface area contributed by atoms with E-state index in [9.17, 15) is 0 Å². The minimum Gasteiger partial charge on any atom is -0.483 e. The number of rotatable bonds is 3. The van der Waals surface area contributed by atoms with Crippen molar-refractivity contribution in [3.63, 3.8) is 0 Å². The van der Waals surface area contributed by atoms with Crippen LogP contribution < -0.4 is 5.43 Å². The van der Waals surface area contributed by atoms with Gasteiger partial charge in [0.1, 0.15) is 0 Å². The summed E-state index contributed by atoms with van der Waals surface area (Å²) < 4.78 is 0. The molecule has 1 aromatic rings. The highest BCUT2D eigenvalue weighted by Crippen LogP contribution is 2.12. The van der Waals surface area contributed by atoms with Crippen LogP contribution in [0.4, 0.5) is 5.69 Å². The first-order chi connectivity index (χ1) is 7.26. The van der Waals surface area contributed by atoms with E-state index in [1.165, 1.54) is 6.21 Å². The monoisotopic (exact) mass is 207 g/mol. The van der Waals surface area contributed by atoms with Crippen LogP contribution in [0.2, 0.25) is 0 Å². The van der Waals surface area contributed by atoms with Gasteiger partial charge in [-0.1, -0.05) is 18.2 Å². The Bertz CT molecular complexity index is 337. The average molecular weight is 207 g/mol. The fourth-order valence-electron chi connectivity index (χ4n) is 0.842. The molecule has 0 unspecified atom stereocenters. The van der Waals surface area contributed by atoms with Crippen LogP contribution in [0.3, 0.4) is 0 Å². The zero-order chi connectivity index (χ0) is 11.5. The molecule has 0 aromatic heterocycles. The Kier molecular flexibility index (Phi) is 7.21. The van der Waals surface area contributed by atoms with E-state index in [1.54, 1.807) is 0 Å². The summed E-state index contributed by atoms with van der Waals surface area (Å²) in [6, 6.07) is 7.86. The highest BCUT2D eigenvalue weighted by Gasteiger charge is 1.91. The van der Waals surface area contributed by atoms with Crippen molar-refractivity contribution >= 4 is 24.6 Å². The molecule has 5 heteroatoms. The van der Waals surface area contributed by atoms with Gasteiger partial charge in [-0.25, -0.2) is 0 Å². The van der Waals surface area contributed by atoms with Gasteiger partial charge in [0.2, 0.25) is 0 Å². The highest BCUT2D eigenvalue weighted by atomic mass is 16.3. The van der Waals surface area contributed by atoms with E-state index in [-0.39, 0.29) is 6.47 Å². The Labute approximate surface area is 88.0 Å². The van der Waals surface area contributed by atoms with Gasteiger partial charge in [0, 0.05) is 6.21 Å². The van der Waals surface area contributed by atoms with Gasteiger partial charge in [-0.3, -0.25) is 10.2 Å². The number of hydrogen-bond donors (Lipinski definition) is 3. The Hall–Kier alpha value is -2.17. The van der Waals surface area contributed by atoms with Crippen LogP contribution in [0.25, 0.3) is 0 Å². The lowest BCUT2D eigenvalue weighted by molar-refractivity contribution is -0.122. The number of anilines is 1. The van der Waals surface area contributed by atoms with E-state index in [0.29, 0.717) is 0 Å². The molecule has 0 saturated carbocycles. The van der Waals surface area contributed by atoms with Gasteiger partial charge < -0.3 is 10.5 Å². The molecule has 0 amide bonds. The Morgan fingerprint density at radius 3 is 2.60 bits per heavy atom. The third kappa shape index (κ3) is 5.98. The SMILES string of the molecule is Cc1ccccc1N/N=C\C=N.O=CO. The molecular formula is C10H13N3O2. The van der Waals surface area contributed by atoms with Crippen LogP contribution in [0.5, 0.6) is 0 Å². The van der Waals surface area contributed by atoms with Gasteiger partial charge in [0.15, 0.2) is 0 Å². The summed E-state index contributed by atoms with van der Waals surface area (Å²) in [7, 11) is 0. The molecule has 0 bridgehead atoms. The molecule has 1 aromatic carbocycles. The number of benzene rings is 1. The maximum Gasteiger partial charge on any atom is 0.290 e. The van der Waals surface area contributed by atoms with E-state index in [1.807, 2.05) is 31.2 Å². The van der Waals surface area contributed by atoms with Crippen molar-refractivity contribution in [2.24, 2.45) is 5.10 Å². The van der Waals surface area contributed by atoms with Crippen molar-refractivity contribution in [1.29, 1.82) is 5.41 Å². The second kappa shape index (κ2) is 8.43. The van der Waals surface area contributed by atoms with E-state index in [0.717, 1.165) is 17.5 Å². The number of nitrogens with one attached hydrogen (secondary N) is 2. The van der Waals surface area contributed by atoms with Crippen molar-refractivity contribution in [3.05, 3.63) is 29.8 Å². The van der Waals surface area contributed by atoms with Crippen LogP contribution in [0.15, 0.2) is 29.4 Å². The first-order valence-corrected chi connectivity index (χ1v) is 4.18. The van der Waals surface area contributed by atoms with Gasteiger partial charge in [-0.15, -0.1) is 0 Å². The number of carbonyl (C=O) groups is 1. The molecule has 0 spiro atoms. The fraction of sp³-hybridized carbons (Fsp3) is 0.100. The number of hydrazone groups is 1. The third-order valence-corrected chi connectivity index (χ3v) is 1.48. The molecule has 5 nitrogen and oxygen atoms in total. The smallest absolute Gasteiger partial charge is 0.290 e. The lowest BCUT2D eigenvalue weighted by Gasteiger charge is -2.02. The zero-order valence-electron chi connectivity index (χ0n) is 8.34. The van der Waals surface area contributed by atoms with Gasteiger partial charge in [0.05, 0.1) is 11.9 Å². The summed E-state index contributed by atoms with van der Waals surface area (Å²) in [6.45, 7) is 1.75. The quantitative estimate of drug-likeness (QED) is 0.401. The van der Waals surface area contributed by atoms with Crippen LogP contribution in [-0.2, 0) is 4.79 Å². The zero-order valence-corrected chi connectivity index (χ0v) is 8.34. The van der Waals surface area contributed by atoms with Gasteiger partial charge in [0.25, 0.3) is 6.47 Å². The van der Waals surface area contributed by atoms with Gasteiger partial charge in [-0.2, -0.15) is 5.10 Å². The summed E-state index contributed by atoms with van der Waals surface area (Å²) in [6.07, 6.45) is 2.53. The second-order valence-corrected chi connectivity index (χ2v) is 2.48. The standard InChI is InChI=1S/C9H11N3.CH2O2/c1-8-4-2-3-5-9(8)12-11-7-6-10;2-1-3/h2-7,10,12H,1H3;1H,(H,2,3)/b10-6?,11-7-;. The molecule has 0 aliphatic heterocycles. The summed E-state index contributed by atoms with van der Waals surface area (Å²) in [5.74, 6) is 0. The molecular weight excluding hydrogens is 194 g/mol. The van der Waals surface area contributed by atoms with Crippen molar-refractivity contribution in [2.75, 3.05) is 5.43 Å². The highest BCUT2D eigenvalue weighted by molar-refractivity contribution is 6.14. The van der Waals surface area contributed by atoms with Crippen LogP contribution >= 0.6 is 0 Å². The molecule has 0 fully saturated rings. The molecule has 0 atom stereocenters. The molecule has 80 valence electrons. The Morgan fingerprint density at radius 1 is 1.47 bits per heavy atom. The average Bonchev–Trinajstić information content (AvgIpc) is 2.22. The first-order valence-electron chi connectivity index (χ1n) is 4.18. The topological polar surface area (TPSA) is 85.5 Å². The van der Waals surface area contributed by atoms with E-state index in [4.69, 9.17) is 15.3 Å². The minimum absolute atomic E-state index is 0.250. The molecule has 0 radical (unpaired) electrons. The fourth-order valence-corrected chi connectivity index (χ4v) is 0.842. The van der Waals surface area contributed by atoms with Crippen LogP contribution in [0.1, 0.15) is 5.56 Å². The summed E-state index contributed by atoms with van der Waals surface area (Å²) in [5.41, 5.74) is 4.94. The van der Waals surface area contributed by atoms with Crippen molar-refractivity contribution in [1.82, 2.24) is 0 Å². The number of carboxylic acid groups (broad SMARTS) is 1. The molecule has 15 heavy (non-hydrogen) atoms. The number of aryl methyl sites for hydroxylation is 1. The Morgan fingerprint density at radius 2 is 2.07 bits per heavy atom. The number of nitrogens with zero attached hydrogens (tertiary/aromatic N) is 1. The van der Waals surface area contributed by atoms with E-state index in [2.05, 4.69) is 10.5 Å². The van der Waals surface area contributed by atoms with Crippen molar-refractivity contribution in [2.45, 2.75) is 6.92 Å². The normalized spacial score (nSPS) is 8.87. The lowest BCUT2D eigenvalue weighted by atomic mass is 10.2. The summed E-state index contributed by atoms with van der Waals surface area (Å²) in [4.78, 5) is 8.36. The summed E-state index contributed by atoms with van der Waals surface area (Å²) in [5, 5.41) is 17.4. The predicted molar refractivity (Wildman–Crippen MR) is 60.8 cm³/mol. The largest absolute Gasteiger partial charge is 0.483 e. The maximum absolute atomic E-state index is 8.36. The molecule has 0 aliphatic carbocycles. The number of hydrogen-bond acceptors (Lipinski definition) is 4. The maximum atomic E-state index is 8.36. The van der Waals surface area contributed by atoms with E-state index >= 15 is 0 Å². The van der Waals surface area contributed by atoms with E-state index < -0.39 is 0 Å². The molecule has 0 aliphatic rings. The Balaban J connectivity index is 0.000000583. The van der Waals surface area contributed by atoms with Crippen molar-refractivity contribution < 1.29 is 9.90 Å².